The molecule has 0 spiro atoms. The van der Waals surface area contributed by atoms with Gasteiger partial charge in [0, 0.05) is 13.1 Å². The Hall–Kier alpha value is -1.80. The Bertz CT molecular complexity index is 1000. The van der Waals surface area contributed by atoms with Crippen LogP contribution in [0.15, 0.2) is 41.3 Å². The van der Waals surface area contributed by atoms with Gasteiger partial charge in [0.15, 0.2) is 0 Å². The van der Waals surface area contributed by atoms with Crippen LogP contribution in [-0.4, -0.2) is 38.8 Å². The SMILES string of the molecule is COc1ccc(S(=O)(=O)N2CCCCCC2)cc1C(=O)Nc1cccc(Cl)c1Cl. The second kappa shape index (κ2) is 9.34. The molecule has 1 heterocycles. The number of ether oxygens (including phenoxy) is 1. The molecular formula is C20H22Cl2N2O4S. The van der Waals surface area contributed by atoms with E-state index in [4.69, 9.17) is 27.9 Å². The number of rotatable bonds is 5. The van der Waals surface area contributed by atoms with Crippen molar-refractivity contribution in [2.24, 2.45) is 0 Å². The summed E-state index contributed by atoms with van der Waals surface area (Å²) in [5.41, 5.74) is 0.423. The predicted octanol–water partition coefficient (Wildman–Crippen LogP) is 4.82. The Morgan fingerprint density at radius 3 is 2.41 bits per heavy atom. The van der Waals surface area contributed by atoms with Gasteiger partial charge in [-0.2, -0.15) is 4.31 Å². The number of anilines is 1. The van der Waals surface area contributed by atoms with Crippen LogP contribution in [0.4, 0.5) is 5.69 Å². The summed E-state index contributed by atoms with van der Waals surface area (Å²) in [6, 6.07) is 9.15. The molecule has 2 aromatic carbocycles. The molecule has 9 heteroatoms. The molecule has 1 amide bonds. The number of carbonyl (C=O) groups is 1. The number of amides is 1. The molecule has 1 aliphatic rings. The van der Waals surface area contributed by atoms with E-state index in [9.17, 15) is 13.2 Å². The van der Waals surface area contributed by atoms with E-state index in [1.165, 1.54) is 29.6 Å². The number of sulfonamides is 1. The van der Waals surface area contributed by atoms with E-state index in [1.807, 2.05) is 0 Å². The van der Waals surface area contributed by atoms with Crippen LogP contribution in [0.1, 0.15) is 36.0 Å². The third-order valence-electron chi connectivity index (χ3n) is 4.82. The van der Waals surface area contributed by atoms with Gasteiger partial charge in [-0.3, -0.25) is 4.79 Å². The highest BCUT2D eigenvalue weighted by Gasteiger charge is 2.27. The summed E-state index contributed by atoms with van der Waals surface area (Å²) < 4.78 is 32.9. The summed E-state index contributed by atoms with van der Waals surface area (Å²) in [4.78, 5) is 12.9. The molecule has 3 rings (SSSR count). The minimum Gasteiger partial charge on any atom is -0.496 e. The number of benzene rings is 2. The van der Waals surface area contributed by atoms with Crippen molar-refractivity contribution >= 4 is 44.8 Å². The Labute approximate surface area is 180 Å². The summed E-state index contributed by atoms with van der Waals surface area (Å²) in [5, 5.41) is 3.17. The maximum Gasteiger partial charge on any atom is 0.259 e. The molecule has 2 aromatic rings. The zero-order valence-electron chi connectivity index (χ0n) is 16.0. The number of carbonyl (C=O) groups excluding carboxylic acids is 1. The van der Waals surface area contributed by atoms with Gasteiger partial charge in [0.25, 0.3) is 5.91 Å². The third-order valence-corrected chi connectivity index (χ3v) is 7.53. The van der Waals surface area contributed by atoms with E-state index < -0.39 is 15.9 Å². The first kappa shape index (κ1) is 21.9. The van der Waals surface area contributed by atoms with Crippen molar-refractivity contribution in [3.63, 3.8) is 0 Å². The van der Waals surface area contributed by atoms with Gasteiger partial charge < -0.3 is 10.1 Å². The molecular weight excluding hydrogens is 435 g/mol. The Morgan fingerprint density at radius 2 is 1.76 bits per heavy atom. The average Bonchev–Trinajstić information content (AvgIpc) is 3.01. The van der Waals surface area contributed by atoms with Crippen LogP contribution in [0.25, 0.3) is 0 Å². The standard InChI is InChI=1S/C20H22Cl2N2O4S/c1-28-18-10-9-14(29(26,27)24-11-4-2-3-5-12-24)13-15(18)20(25)23-17-8-6-7-16(21)19(17)22/h6-10,13H,2-5,11-12H2,1H3,(H,23,25). The largest absolute Gasteiger partial charge is 0.496 e. The van der Waals surface area contributed by atoms with Gasteiger partial charge in [-0.1, -0.05) is 42.1 Å². The predicted molar refractivity (Wildman–Crippen MR) is 115 cm³/mol. The van der Waals surface area contributed by atoms with Crippen LogP contribution in [0, 0.1) is 0 Å². The minimum atomic E-state index is -3.70. The first-order chi connectivity index (χ1) is 13.8. The third kappa shape index (κ3) is 4.86. The zero-order chi connectivity index (χ0) is 21.0. The number of nitrogens with zero attached hydrogens (tertiary/aromatic N) is 1. The fraction of sp³-hybridized carbons (Fsp3) is 0.350. The van der Waals surface area contributed by atoms with E-state index in [-0.39, 0.29) is 21.2 Å². The van der Waals surface area contributed by atoms with E-state index in [0.717, 1.165) is 25.7 Å². The monoisotopic (exact) mass is 456 g/mol. The molecule has 0 aromatic heterocycles. The normalized spacial score (nSPS) is 15.6. The zero-order valence-corrected chi connectivity index (χ0v) is 18.3. The molecule has 0 unspecified atom stereocenters. The first-order valence-corrected chi connectivity index (χ1v) is 11.5. The molecule has 1 aliphatic heterocycles. The van der Waals surface area contributed by atoms with E-state index in [1.54, 1.807) is 18.2 Å². The number of nitrogens with one attached hydrogen (secondary N) is 1. The van der Waals surface area contributed by atoms with Crippen molar-refractivity contribution in [3.05, 3.63) is 52.0 Å². The second-order valence-electron chi connectivity index (χ2n) is 6.74. The lowest BCUT2D eigenvalue weighted by Crippen LogP contribution is -2.32. The molecule has 0 bridgehead atoms. The van der Waals surface area contributed by atoms with Crippen LogP contribution >= 0.6 is 23.2 Å². The van der Waals surface area contributed by atoms with Crippen LogP contribution in [0.5, 0.6) is 5.75 Å². The molecule has 0 atom stereocenters. The van der Waals surface area contributed by atoms with Crippen molar-refractivity contribution in [2.75, 3.05) is 25.5 Å². The van der Waals surface area contributed by atoms with Crippen molar-refractivity contribution in [3.8, 4) is 5.75 Å². The van der Waals surface area contributed by atoms with Gasteiger partial charge in [-0.15, -0.1) is 0 Å². The number of hydrogen-bond donors (Lipinski definition) is 1. The van der Waals surface area contributed by atoms with Crippen molar-refractivity contribution in [1.29, 1.82) is 0 Å². The maximum absolute atomic E-state index is 13.1. The molecule has 0 aliphatic carbocycles. The molecule has 1 N–H and O–H groups in total. The fourth-order valence-electron chi connectivity index (χ4n) is 3.25. The van der Waals surface area contributed by atoms with E-state index >= 15 is 0 Å². The molecule has 0 radical (unpaired) electrons. The summed E-state index contributed by atoms with van der Waals surface area (Å²) in [6.07, 6.45) is 3.69. The van der Waals surface area contributed by atoms with Crippen LogP contribution in [-0.2, 0) is 10.0 Å². The molecule has 29 heavy (non-hydrogen) atoms. The Balaban J connectivity index is 1.94. The van der Waals surface area contributed by atoms with Gasteiger partial charge in [-0.05, 0) is 43.2 Å². The smallest absolute Gasteiger partial charge is 0.259 e. The fourth-order valence-corrected chi connectivity index (χ4v) is 5.14. The first-order valence-electron chi connectivity index (χ1n) is 9.28. The van der Waals surface area contributed by atoms with Gasteiger partial charge >= 0.3 is 0 Å². The molecule has 0 saturated carbocycles. The molecule has 1 saturated heterocycles. The van der Waals surface area contributed by atoms with Gasteiger partial charge in [0.05, 0.1) is 33.3 Å². The molecule has 6 nitrogen and oxygen atoms in total. The molecule has 156 valence electrons. The van der Waals surface area contributed by atoms with Crippen molar-refractivity contribution < 1.29 is 17.9 Å². The van der Waals surface area contributed by atoms with Crippen molar-refractivity contribution in [2.45, 2.75) is 30.6 Å². The van der Waals surface area contributed by atoms with E-state index in [2.05, 4.69) is 5.32 Å². The highest BCUT2D eigenvalue weighted by molar-refractivity contribution is 7.89. The summed E-state index contributed by atoms with van der Waals surface area (Å²) in [5.74, 6) is -0.283. The summed E-state index contributed by atoms with van der Waals surface area (Å²) in [7, 11) is -2.29. The highest BCUT2D eigenvalue weighted by Crippen LogP contribution is 2.31. The van der Waals surface area contributed by atoms with Gasteiger partial charge in [0.2, 0.25) is 10.0 Å². The highest BCUT2D eigenvalue weighted by atomic mass is 35.5. The van der Waals surface area contributed by atoms with Crippen molar-refractivity contribution in [1.82, 2.24) is 4.31 Å². The lowest BCUT2D eigenvalue weighted by atomic mass is 10.2. The van der Waals surface area contributed by atoms with Gasteiger partial charge in [0.1, 0.15) is 5.75 Å². The second-order valence-corrected chi connectivity index (χ2v) is 9.46. The van der Waals surface area contributed by atoms with E-state index in [0.29, 0.717) is 23.8 Å². The van der Waals surface area contributed by atoms with Crippen LogP contribution in [0.2, 0.25) is 10.0 Å². The summed E-state index contributed by atoms with van der Waals surface area (Å²) in [6.45, 7) is 0.960. The number of halogens is 2. The quantitative estimate of drug-likeness (QED) is 0.699. The maximum atomic E-state index is 13.1. The minimum absolute atomic E-state index is 0.0579. The average molecular weight is 457 g/mol. The summed E-state index contributed by atoms with van der Waals surface area (Å²) >= 11 is 12.1. The van der Waals surface area contributed by atoms with Crippen LogP contribution < -0.4 is 10.1 Å². The lowest BCUT2D eigenvalue weighted by Gasteiger charge is -2.20. The topological polar surface area (TPSA) is 75.7 Å². The number of hydrogen-bond acceptors (Lipinski definition) is 4. The molecule has 1 fully saturated rings. The Kier molecular flexibility index (Phi) is 7.05. The van der Waals surface area contributed by atoms with Gasteiger partial charge in [-0.25, -0.2) is 8.42 Å². The lowest BCUT2D eigenvalue weighted by molar-refractivity contribution is 0.102. The van der Waals surface area contributed by atoms with Crippen LogP contribution in [0.3, 0.4) is 0 Å². The Morgan fingerprint density at radius 1 is 1.07 bits per heavy atom. The number of methoxy groups -OCH3 is 1.